The van der Waals surface area contributed by atoms with Gasteiger partial charge in [0.25, 0.3) is 0 Å². The molecule has 122 valence electrons. The van der Waals surface area contributed by atoms with Gasteiger partial charge in [0.1, 0.15) is 10.8 Å². The van der Waals surface area contributed by atoms with Crippen molar-refractivity contribution in [3.05, 3.63) is 23.2 Å². The van der Waals surface area contributed by atoms with Crippen molar-refractivity contribution in [2.45, 2.75) is 64.5 Å². The first-order valence-corrected chi connectivity index (χ1v) is 8.19. The Hall–Kier alpha value is -1.36. The molecule has 1 aromatic rings. The van der Waals surface area contributed by atoms with Crippen LogP contribution in [0.15, 0.2) is 12.4 Å². The lowest BCUT2D eigenvalue weighted by molar-refractivity contribution is 0.00888. The highest BCUT2D eigenvalue weighted by Gasteiger charge is 2.30. The van der Waals surface area contributed by atoms with Crippen LogP contribution in [0.2, 0.25) is 5.15 Å². The average molecular weight is 326 g/mol. The molecule has 5 nitrogen and oxygen atoms in total. The quantitative estimate of drug-likeness (QED) is 0.847. The minimum Gasteiger partial charge on any atom is -0.444 e. The van der Waals surface area contributed by atoms with E-state index in [9.17, 15) is 4.79 Å². The molecule has 2 heterocycles. The van der Waals surface area contributed by atoms with Gasteiger partial charge < -0.3 is 9.64 Å². The monoisotopic (exact) mass is 325 g/mol. The van der Waals surface area contributed by atoms with E-state index in [4.69, 9.17) is 16.3 Å². The molecule has 1 aromatic heterocycles. The fraction of sp³-hybridized carbons (Fsp3) is 0.688. The number of hydrogen-bond donors (Lipinski definition) is 0. The molecule has 6 heteroatoms. The standard InChI is InChI=1S/C16H24ClN3O2/c1-16(2,3)22-15(21)20-9-5-4-6-13(20)8-7-12-10-18-11-14(17)19-12/h10-11,13H,4-9H2,1-3H3/t13-/m0/s1. The zero-order valence-corrected chi connectivity index (χ0v) is 14.3. The van der Waals surface area contributed by atoms with Crippen LogP contribution in [-0.4, -0.2) is 39.1 Å². The predicted octanol–water partition coefficient (Wildman–Crippen LogP) is 3.85. The molecule has 22 heavy (non-hydrogen) atoms. The Morgan fingerprint density at radius 3 is 2.86 bits per heavy atom. The third-order valence-corrected chi connectivity index (χ3v) is 3.83. The van der Waals surface area contributed by atoms with Crippen molar-refractivity contribution in [2.75, 3.05) is 6.54 Å². The Balaban J connectivity index is 1.96. The Morgan fingerprint density at radius 2 is 2.18 bits per heavy atom. The largest absolute Gasteiger partial charge is 0.444 e. The summed E-state index contributed by atoms with van der Waals surface area (Å²) in [5.41, 5.74) is 0.402. The number of aryl methyl sites for hydroxylation is 1. The molecule has 1 saturated heterocycles. The number of hydrogen-bond acceptors (Lipinski definition) is 4. The number of amides is 1. The third-order valence-electron chi connectivity index (χ3n) is 3.64. The predicted molar refractivity (Wildman–Crippen MR) is 85.9 cm³/mol. The molecule has 0 unspecified atom stereocenters. The van der Waals surface area contributed by atoms with E-state index in [-0.39, 0.29) is 12.1 Å². The average Bonchev–Trinajstić information content (AvgIpc) is 2.44. The fourth-order valence-electron chi connectivity index (χ4n) is 2.68. The number of carbonyl (C=O) groups is 1. The van der Waals surface area contributed by atoms with Gasteiger partial charge in [-0.05, 0) is 52.9 Å². The van der Waals surface area contributed by atoms with Crippen molar-refractivity contribution >= 4 is 17.7 Å². The normalized spacial score (nSPS) is 19.1. The molecule has 0 bridgehead atoms. The van der Waals surface area contributed by atoms with Crippen LogP contribution >= 0.6 is 11.6 Å². The van der Waals surface area contributed by atoms with Gasteiger partial charge in [0.15, 0.2) is 0 Å². The summed E-state index contributed by atoms with van der Waals surface area (Å²) >= 11 is 5.86. The summed E-state index contributed by atoms with van der Waals surface area (Å²) < 4.78 is 5.52. The lowest BCUT2D eigenvalue weighted by Crippen LogP contribution is -2.46. The van der Waals surface area contributed by atoms with Crippen LogP contribution in [0, 0.1) is 0 Å². The highest BCUT2D eigenvalue weighted by atomic mass is 35.5. The molecule has 0 radical (unpaired) electrons. The SMILES string of the molecule is CC(C)(C)OC(=O)N1CCCC[C@H]1CCc1cncc(Cl)n1. The highest BCUT2D eigenvalue weighted by Crippen LogP contribution is 2.23. The van der Waals surface area contributed by atoms with E-state index in [1.807, 2.05) is 25.7 Å². The second kappa shape index (κ2) is 7.27. The first-order valence-electron chi connectivity index (χ1n) is 7.81. The first kappa shape index (κ1) is 17.0. The Bertz CT molecular complexity index is 516. The molecule has 1 amide bonds. The summed E-state index contributed by atoms with van der Waals surface area (Å²) in [4.78, 5) is 22.5. The van der Waals surface area contributed by atoms with Crippen LogP contribution in [0.1, 0.15) is 52.1 Å². The molecule has 1 aliphatic heterocycles. The fourth-order valence-corrected chi connectivity index (χ4v) is 2.84. The van der Waals surface area contributed by atoms with Gasteiger partial charge in [0.2, 0.25) is 0 Å². The molecule has 0 saturated carbocycles. The van der Waals surface area contributed by atoms with Gasteiger partial charge in [-0.15, -0.1) is 0 Å². The van der Waals surface area contributed by atoms with Gasteiger partial charge >= 0.3 is 6.09 Å². The third kappa shape index (κ3) is 5.13. The smallest absolute Gasteiger partial charge is 0.410 e. The van der Waals surface area contributed by atoms with Crippen LogP contribution in [0.4, 0.5) is 4.79 Å². The highest BCUT2D eigenvalue weighted by molar-refractivity contribution is 6.29. The topological polar surface area (TPSA) is 55.3 Å². The van der Waals surface area contributed by atoms with Gasteiger partial charge in [0.05, 0.1) is 11.9 Å². The molecular weight excluding hydrogens is 302 g/mol. The number of carbonyl (C=O) groups excluding carboxylic acids is 1. The Kier molecular flexibility index (Phi) is 5.62. The number of likely N-dealkylation sites (tertiary alicyclic amines) is 1. The number of nitrogens with zero attached hydrogens (tertiary/aromatic N) is 3. The minimum absolute atomic E-state index is 0.199. The summed E-state index contributed by atoms with van der Waals surface area (Å²) in [6.45, 7) is 6.45. The molecule has 1 fully saturated rings. The summed E-state index contributed by atoms with van der Waals surface area (Å²) in [6, 6.07) is 0.199. The zero-order chi connectivity index (χ0) is 16.2. The number of aromatic nitrogens is 2. The summed E-state index contributed by atoms with van der Waals surface area (Å²) in [5, 5.41) is 0.408. The second-order valence-corrected chi connectivity index (χ2v) is 7.08. The number of rotatable bonds is 3. The van der Waals surface area contributed by atoms with Gasteiger partial charge in [-0.3, -0.25) is 4.98 Å². The maximum Gasteiger partial charge on any atom is 0.410 e. The maximum absolute atomic E-state index is 12.3. The van der Waals surface area contributed by atoms with Crippen molar-refractivity contribution in [1.82, 2.24) is 14.9 Å². The molecule has 1 atom stereocenters. The van der Waals surface area contributed by atoms with Crippen LogP contribution < -0.4 is 0 Å². The maximum atomic E-state index is 12.3. The van der Waals surface area contributed by atoms with Gasteiger partial charge in [0, 0.05) is 18.8 Å². The van der Waals surface area contributed by atoms with Crippen molar-refractivity contribution in [2.24, 2.45) is 0 Å². The molecule has 0 aliphatic carbocycles. The van der Waals surface area contributed by atoms with E-state index in [1.165, 1.54) is 6.20 Å². The Morgan fingerprint density at radius 1 is 1.41 bits per heavy atom. The van der Waals surface area contributed by atoms with Gasteiger partial charge in [-0.1, -0.05) is 11.6 Å². The molecule has 0 aromatic carbocycles. The van der Waals surface area contributed by atoms with E-state index >= 15 is 0 Å². The number of piperidine rings is 1. The van der Waals surface area contributed by atoms with E-state index in [2.05, 4.69) is 9.97 Å². The van der Waals surface area contributed by atoms with Gasteiger partial charge in [-0.25, -0.2) is 9.78 Å². The molecule has 2 rings (SSSR count). The minimum atomic E-state index is -0.461. The summed E-state index contributed by atoms with van der Waals surface area (Å²) in [7, 11) is 0. The van der Waals surface area contributed by atoms with Crippen LogP contribution in [0.3, 0.4) is 0 Å². The van der Waals surface area contributed by atoms with E-state index in [1.54, 1.807) is 6.20 Å². The van der Waals surface area contributed by atoms with Crippen LogP contribution in [-0.2, 0) is 11.2 Å². The second-order valence-electron chi connectivity index (χ2n) is 6.70. The number of halogens is 1. The summed E-state index contributed by atoms with van der Waals surface area (Å²) in [6.07, 6.45) is 7.84. The van der Waals surface area contributed by atoms with E-state index in [0.29, 0.717) is 5.15 Å². The van der Waals surface area contributed by atoms with Gasteiger partial charge in [-0.2, -0.15) is 0 Å². The lowest BCUT2D eigenvalue weighted by Gasteiger charge is -2.36. The summed E-state index contributed by atoms with van der Waals surface area (Å²) in [5.74, 6) is 0. The molecule has 1 aliphatic rings. The zero-order valence-electron chi connectivity index (χ0n) is 13.5. The van der Waals surface area contributed by atoms with Crippen molar-refractivity contribution in [3.63, 3.8) is 0 Å². The van der Waals surface area contributed by atoms with Crippen LogP contribution in [0.25, 0.3) is 0 Å². The Labute approximate surface area is 137 Å². The lowest BCUT2D eigenvalue weighted by atomic mass is 9.98. The van der Waals surface area contributed by atoms with E-state index in [0.717, 1.165) is 44.3 Å². The molecule has 0 N–H and O–H groups in total. The number of ether oxygens (including phenoxy) is 1. The molecular formula is C16H24ClN3O2. The van der Waals surface area contributed by atoms with Crippen molar-refractivity contribution in [1.29, 1.82) is 0 Å². The van der Waals surface area contributed by atoms with Crippen LogP contribution in [0.5, 0.6) is 0 Å². The first-order chi connectivity index (χ1) is 10.3. The van der Waals surface area contributed by atoms with Crippen molar-refractivity contribution in [3.8, 4) is 0 Å². The molecule has 0 spiro atoms. The van der Waals surface area contributed by atoms with Crippen molar-refractivity contribution < 1.29 is 9.53 Å². The van der Waals surface area contributed by atoms with E-state index < -0.39 is 5.60 Å².